The molecule has 82 valence electrons. The van der Waals surface area contributed by atoms with E-state index in [1.54, 1.807) is 6.33 Å². The summed E-state index contributed by atoms with van der Waals surface area (Å²) in [6.45, 7) is 0. The summed E-state index contributed by atoms with van der Waals surface area (Å²) in [5.41, 5.74) is 0.559. The highest BCUT2D eigenvalue weighted by molar-refractivity contribution is 5.55. The Bertz CT molecular complexity index is 532. The third kappa shape index (κ3) is 1.48. The van der Waals surface area contributed by atoms with Crippen molar-refractivity contribution in [3.8, 4) is 11.4 Å². The monoisotopic (exact) mass is 221 g/mol. The van der Waals surface area contributed by atoms with E-state index in [-0.39, 0.29) is 0 Å². The van der Waals surface area contributed by atoms with E-state index in [0.29, 0.717) is 17.4 Å². The van der Waals surface area contributed by atoms with Gasteiger partial charge in [-0.3, -0.25) is 0 Å². The predicted octanol–water partition coefficient (Wildman–Crippen LogP) is 2.56. The summed E-state index contributed by atoms with van der Waals surface area (Å²) in [5.74, 6) is -1.11. The van der Waals surface area contributed by atoms with Crippen LogP contribution in [-0.4, -0.2) is 14.8 Å². The summed E-state index contributed by atoms with van der Waals surface area (Å²) in [5, 5.41) is 7.75. The average molecular weight is 221 g/mol. The molecular formula is C11H9F2N3. The molecule has 1 aromatic heterocycles. The number of benzene rings is 1. The lowest BCUT2D eigenvalue weighted by molar-refractivity contribution is 0.509. The molecule has 5 heteroatoms. The van der Waals surface area contributed by atoms with Crippen LogP contribution in [0, 0.1) is 11.6 Å². The van der Waals surface area contributed by atoms with Crippen LogP contribution >= 0.6 is 0 Å². The summed E-state index contributed by atoms with van der Waals surface area (Å²) < 4.78 is 27.8. The third-order valence-corrected chi connectivity index (χ3v) is 2.69. The maximum Gasteiger partial charge on any atom is 0.164 e. The second-order valence-electron chi connectivity index (χ2n) is 3.92. The zero-order chi connectivity index (χ0) is 11.1. The van der Waals surface area contributed by atoms with Gasteiger partial charge in [-0.05, 0) is 31.0 Å². The van der Waals surface area contributed by atoms with E-state index in [0.717, 1.165) is 25.0 Å². The van der Waals surface area contributed by atoms with Gasteiger partial charge >= 0.3 is 0 Å². The van der Waals surface area contributed by atoms with Crippen LogP contribution in [0.3, 0.4) is 0 Å². The number of hydrogen-bond acceptors (Lipinski definition) is 2. The third-order valence-electron chi connectivity index (χ3n) is 2.69. The van der Waals surface area contributed by atoms with Gasteiger partial charge in [-0.15, -0.1) is 10.2 Å². The van der Waals surface area contributed by atoms with Crippen molar-refractivity contribution < 1.29 is 8.78 Å². The van der Waals surface area contributed by atoms with E-state index in [1.165, 1.54) is 6.07 Å². The molecule has 0 spiro atoms. The number of halogens is 2. The van der Waals surface area contributed by atoms with Gasteiger partial charge < -0.3 is 4.57 Å². The second-order valence-corrected chi connectivity index (χ2v) is 3.92. The van der Waals surface area contributed by atoms with Crippen molar-refractivity contribution in [1.82, 2.24) is 14.8 Å². The van der Waals surface area contributed by atoms with Gasteiger partial charge in [0.25, 0.3) is 0 Å². The van der Waals surface area contributed by atoms with Crippen LogP contribution in [0.4, 0.5) is 8.78 Å². The summed E-state index contributed by atoms with van der Waals surface area (Å²) >= 11 is 0. The molecule has 0 unspecified atom stereocenters. The maximum absolute atomic E-state index is 13.1. The molecule has 0 saturated heterocycles. The maximum atomic E-state index is 13.1. The van der Waals surface area contributed by atoms with Crippen LogP contribution in [0.2, 0.25) is 0 Å². The predicted molar refractivity (Wildman–Crippen MR) is 53.6 cm³/mol. The molecule has 1 fully saturated rings. The molecular weight excluding hydrogens is 212 g/mol. The molecule has 3 rings (SSSR count). The topological polar surface area (TPSA) is 30.7 Å². The molecule has 2 aromatic rings. The van der Waals surface area contributed by atoms with Gasteiger partial charge in [0, 0.05) is 11.6 Å². The molecule has 1 aliphatic carbocycles. The van der Waals surface area contributed by atoms with Crippen LogP contribution in [0.1, 0.15) is 18.9 Å². The highest BCUT2D eigenvalue weighted by atomic mass is 19.2. The standard InChI is InChI=1S/C11H9F2N3/c12-9-4-1-7(5-10(9)13)11-15-14-6-16(11)8-2-3-8/h1,4-6,8H,2-3H2. The molecule has 0 amide bonds. The first kappa shape index (κ1) is 9.45. The molecule has 1 aliphatic rings. The van der Waals surface area contributed by atoms with Gasteiger partial charge in [-0.25, -0.2) is 8.78 Å². The zero-order valence-electron chi connectivity index (χ0n) is 8.40. The largest absolute Gasteiger partial charge is 0.310 e. The lowest BCUT2D eigenvalue weighted by Gasteiger charge is -2.04. The molecule has 3 nitrogen and oxygen atoms in total. The Labute approximate surface area is 90.7 Å². The fourth-order valence-corrected chi connectivity index (χ4v) is 1.70. The van der Waals surface area contributed by atoms with Crippen LogP contribution < -0.4 is 0 Å². The van der Waals surface area contributed by atoms with Crippen molar-refractivity contribution in [2.24, 2.45) is 0 Å². The van der Waals surface area contributed by atoms with Gasteiger partial charge in [-0.1, -0.05) is 0 Å². The summed E-state index contributed by atoms with van der Waals surface area (Å²) in [6, 6.07) is 4.19. The minimum absolute atomic E-state index is 0.415. The minimum atomic E-state index is -0.858. The fourth-order valence-electron chi connectivity index (χ4n) is 1.70. The molecule has 1 saturated carbocycles. The highest BCUT2D eigenvalue weighted by Crippen LogP contribution is 2.37. The number of hydrogen-bond donors (Lipinski definition) is 0. The number of rotatable bonds is 2. The Morgan fingerprint density at radius 2 is 2.00 bits per heavy atom. The Morgan fingerprint density at radius 1 is 1.19 bits per heavy atom. The average Bonchev–Trinajstić information content (AvgIpc) is 3.01. The lowest BCUT2D eigenvalue weighted by Crippen LogP contribution is -1.96. The minimum Gasteiger partial charge on any atom is -0.310 e. The SMILES string of the molecule is Fc1ccc(-c2nncn2C2CC2)cc1F. The Kier molecular flexibility index (Phi) is 1.99. The molecule has 0 atom stereocenters. The van der Waals surface area contributed by atoms with E-state index in [4.69, 9.17) is 0 Å². The molecule has 0 bridgehead atoms. The normalized spacial score (nSPS) is 15.4. The summed E-state index contributed by atoms with van der Waals surface area (Å²) in [7, 11) is 0. The number of nitrogens with zero attached hydrogens (tertiary/aromatic N) is 3. The van der Waals surface area contributed by atoms with Gasteiger partial charge in [-0.2, -0.15) is 0 Å². The molecule has 1 heterocycles. The molecule has 0 N–H and O–H groups in total. The van der Waals surface area contributed by atoms with Crippen molar-refractivity contribution in [2.45, 2.75) is 18.9 Å². The summed E-state index contributed by atoms with van der Waals surface area (Å²) in [6.07, 6.45) is 3.82. The van der Waals surface area contributed by atoms with Crippen LogP contribution in [-0.2, 0) is 0 Å². The Balaban J connectivity index is 2.07. The van der Waals surface area contributed by atoms with E-state index in [2.05, 4.69) is 10.2 Å². The van der Waals surface area contributed by atoms with Crippen molar-refractivity contribution in [1.29, 1.82) is 0 Å². The zero-order valence-corrected chi connectivity index (χ0v) is 8.40. The van der Waals surface area contributed by atoms with Gasteiger partial charge in [0.1, 0.15) is 6.33 Å². The Morgan fingerprint density at radius 3 is 2.69 bits per heavy atom. The fraction of sp³-hybridized carbons (Fsp3) is 0.273. The van der Waals surface area contributed by atoms with Crippen molar-refractivity contribution in [3.63, 3.8) is 0 Å². The van der Waals surface area contributed by atoms with Crippen molar-refractivity contribution >= 4 is 0 Å². The highest BCUT2D eigenvalue weighted by Gasteiger charge is 2.26. The lowest BCUT2D eigenvalue weighted by atomic mass is 10.2. The molecule has 0 aliphatic heterocycles. The first-order chi connectivity index (χ1) is 7.75. The van der Waals surface area contributed by atoms with E-state index < -0.39 is 11.6 Å². The summed E-state index contributed by atoms with van der Waals surface area (Å²) in [4.78, 5) is 0. The molecule has 0 radical (unpaired) electrons. The Hall–Kier alpha value is -1.78. The van der Waals surface area contributed by atoms with Crippen molar-refractivity contribution in [2.75, 3.05) is 0 Å². The van der Waals surface area contributed by atoms with Crippen LogP contribution in [0.5, 0.6) is 0 Å². The van der Waals surface area contributed by atoms with Gasteiger partial charge in [0.2, 0.25) is 0 Å². The van der Waals surface area contributed by atoms with Crippen molar-refractivity contribution in [3.05, 3.63) is 36.2 Å². The second kappa shape index (κ2) is 3.37. The van der Waals surface area contributed by atoms with E-state index in [1.807, 2.05) is 4.57 Å². The number of aromatic nitrogens is 3. The van der Waals surface area contributed by atoms with Gasteiger partial charge in [0.05, 0.1) is 0 Å². The van der Waals surface area contributed by atoms with E-state index in [9.17, 15) is 8.78 Å². The quantitative estimate of drug-likeness (QED) is 0.780. The first-order valence-corrected chi connectivity index (χ1v) is 5.10. The molecule has 16 heavy (non-hydrogen) atoms. The van der Waals surface area contributed by atoms with Gasteiger partial charge in [0.15, 0.2) is 17.5 Å². The smallest absolute Gasteiger partial charge is 0.164 e. The molecule has 1 aromatic carbocycles. The van der Waals surface area contributed by atoms with Crippen LogP contribution in [0.25, 0.3) is 11.4 Å². The van der Waals surface area contributed by atoms with E-state index >= 15 is 0 Å². The first-order valence-electron chi connectivity index (χ1n) is 5.10. The van der Waals surface area contributed by atoms with Crippen LogP contribution in [0.15, 0.2) is 24.5 Å².